The third kappa shape index (κ3) is 4.28. The first kappa shape index (κ1) is 14.5. The number of nitrogens with zero attached hydrogens (tertiary/aromatic N) is 2. The van der Waals surface area contributed by atoms with Crippen molar-refractivity contribution >= 4 is 5.91 Å². The van der Waals surface area contributed by atoms with Gasteiger partial charge in [0, 0.05) is 38.1 Å². The minimum atomic E-state index is 0.311. The summed E-state index contributed by atoms with van der Waals surface area (Å²) in [4.78, 5) is 16.4. The molecular weight excluding hydrogens is 214 g/mol. The molecule has 0 radical (unpaired) electrons. The third-order valence-corrected chi connectivity index (χ3v) is 3.56. The van der Waals surface area contributed by atoms with Gasteiger partial charge >= 0.3 is 0 Å². The van der Waals surface area contributed by atoms with E-state index in [0.29, 0.717) is 24.4 Å². The average molecular weight is 241 g/mol. The van der Waals surface area contributed by atoms with Crippen LogP contribution >= 0.6 is 0 Å². The monoisotopic (exact) mass is 241 g/mol. The van der Waals surface area contributed by atoms with E-state index in [4.69, 9.17) is 0 Å². The van der Waals surface area contributed by atoms with Crippen LogP contribution < -0.4 is 5.32 Å². The summed E-state index contributed by atoms with van der Waals surface area (Å²) in [5, 5.41) is 3.52. The predicted molar refractivity (Wildman–Crippen MR) is 71.0 cm³/mol. The number of rotatable bonds is 5. The molecule has 4 nitrogen and oxygen atoms in total. The quantitative estimate of drug-likeness (QED) is 0.778. The molecule has 1 fully saturated rings. The lowest BCUT2D eigenvalue weighted by atomic mass is 10.0. The van der Waals surface area contributed by atoms with Crippen molar-refractivity contribution in [1.82, 2.24) is 15.1 Å². The third-order valence-electron chi connectivity index (χ3n) is 3.56. The molecule has 0 bridgehead atoms. The summed E-state index contributed by atoms with van der Waals surface area (Å²) in [6.45, 7) is 7.00. The van der Waals surface area contributed by atoms with Gasteiger partial charge in [-0.05, 0) is 26.9 Å². The van der Waals surface area contributed by atoms with Gasteiger partial charge in [0.1, 0.15) is 0 Å². The SMILES string of the molecule is CCC1CN(C(=O)CCN(C)C)C(CC)CN1. The van der Waals surface area contributed by atoms with Crippen molar-refractivity contribution in [2.75, 3.05) is 33.7 Å². The van der Waals surface area contributed by atoms with Gasteiger partial charge in [0.25, 0.3) is 0 Å². The van der Waals surface area contributed by atoms with E-state index in [-0.39, 0.29) is 0 Å². The summed E-state index contributed by atoms with van der Waals surface area (Å²) < 4.78 is 0. The lowest BCUT2D eigenvalue weighted by Gasteiger charge is -2.40. The first-order valence-corrected chi connectivity index (χ1v) is 6.76. The first-order chi connectivity index (χ1) is 8.08. The Hall–Kier alpha value is -0.610. The molecule has 1 N–H and O–H groups in total. The van der Waals surface area contributed by atoms with Crippen LogP contribution in [0.3, 0.4) is 0 Å². The molecule has 4 heteroatoms. The Morgan fingerprint density at radius 1 is 1.35 bits per heavy atom. The zero-order chi connectivity index (χ0) is 12.8. The fourth-order valence-corrected chi connectivity index (χ4v) is 2.27. The second kappa shape index (κ2) is 6.97. The summed E-state index contributed by atoms with van der Waals surface area (Å²) in [6, 6.07) is 0.855. The molecule has 100 valence electrons. The number of nitrogens with one attached hydrogen (secondary N) is 1. The lowest BCUT2D eigenvalue weighted by molar-refractivity contribution is -0.135. The minimum Gasteiger partial charge on any atom is -0.337 e. The van der Waals surface area contributed by atoms with Gasteiger partial charge in [0.15, 0.2) is 0 Å². The molecule has 17 heavy (non-hydrogen) atoms. The molecule has 0 aromatic heterocycles. The summed E-state index contributed by atoms with van der Waals surface area (Å²) in [5.74, 6) is 0.311. The maximum absolute atomic E-state index is 12.2. The highest BCUT2D eigenvalue weighted by atomic mass is 16.2. The highest BCUT2D eigenvalue weighted by Gasteiger charge is 2.28. The summed E-state index contributed by atoms with van der Waals surface area (Å²) in [7, 11) is 4.02. The topological polar surface area (TPSA) is 35.6 Å². The van der Waals surface area contributed by atoms with Gasteiger partial charge in [-0.25, -0.2) is 0 Å². The van der Waals surface area contributed by atoms with Crippen LogP contribution in [0.25, 0.3) is 0 Å². The van der Waals surface area contributed by atoms with E-state index in [1.54, 1.807) is 0 Å². The predicted octanol–water partition coefficient (Wildman–Crippen LogP) is 0.927. The van der Waals surface area contributed by atoms with Crippen LogP contribution in [0.15, 0.2) is 0 Å². The van der Waals surface area contributed by atoms with Gasteiger partial charge in [-0.3, -0.25) is 4.79 Å². The van der Waals surface area contributed by atoms with Crippen molar-refractivity contribution in [1.29, 1.82) is 0 Å². The van der Waals surface area contributed by atoms with Gasteiger partial charge in [0.05, 0.1) is 0 Å². The molecule has 1 rings (SSSR count). The van der Waals surface area contributed by atoms with E-state index < -0.39 is 0 Å². The van der Waals surface area contributed by atoms with E-state index in [9.17, 15) is 4.79 Å². The molecule has 0 spiro atoms. The second-order valence-electron chi connectivity index (χ2n) is 5.17. The Balaban J connectivity index is 2.53. The fourth-order valence-electron chi connectivity index (χ4n) is 2.27. The lowest BCUT2D eigenvalue weighted by Crippen LogP contribution is -2.58. The molecular formula is C13H27N3O. The molecule has 1 aliphatic heterocycles. The van der Waals surface area contributed by atoms with Crippen molar-refractivity contribution in [3.63, 3.8) is 0 Å². The number of hydrogen-bond acceptors (Lipinski definition) is 3. The van der Waals surface area contributed by atoms with Crippen molar-refractivity contribution in [3.05, 3.63) is 0 Å². The smallest absolute Gasteiger partial charge is 0.224 e. The van der Waals surface area contributed by atoms with Crippen LogP contribution in [0.5, 0.6) is 0 Å². The average Bonchev–Trinajstić information content (AvgIpc) is 2.34. The van der Waals surface area contributed by atoms with E-state index in [1.165, 1.54) is 0 Å². The second-order valence-corrected chi connectivity index (χ2v) is 5.17. The molecule has 0 aromatic carbocycles. The highest BCUT2D eigenvalue weighted by molar-refractivity contribution is 5.77. The van der Waals surface area contributed by atoms with Crippen molar-refractivity contribution in [2.45, 2.75) is 45.2 Å². The zero-order valence-corrected chi connectivity index (χ0v) is 11.7. The summed E-state index contributed by atoms with van der Waals surface area (Å²) in [5.41, 5.74) is 0. The van der Waals surface area contributed by atoms with Crippen LogP contribution in [0.4, 0.5) is 0 Å². The fraction of sp³-hybridized carbons (Fsp3) is 0.923. The van der Waals surface area contributed by atoms with E-state index in [0.717, 1.165) is 32.5 Å². The molecule has 2 unspecified atom stereocenters. The Kier molecular flexibility index (Phi) is 5.92. The number of amides is 1. The Morgan fingerprint density at radius 2 is 2.06 bits per heavy atom. The summed E-state index contributed by atoms with van der Waals surface area (Å²) in [6.07, 6.45) is 2.77. The van der Waals surface area contributed by atoms with Crippen LogP contribution in [-0.2, 0) is 4.79 Å². The maximum Gasteiger partial charge on any atom is 0.224 e. The van der Waals surface area contributed by atoms with Crippen molar-refractivity contribution in [3.8, 4) is 0 Å². The summed E-state index contributed by atoms with van der Waals surface area (Å²) >= 11 is 0. The van der Waals surface area contributed by atoms with Crippen LogP contribution in [0.2, 0.25) is 0 Å². The largest absolute Gasteiger partial charge is 0.337 e. The number of piperazine rings is 1. The maximum atomic E-state index is 12.2. The van der Waals surface area contributed by atoms with Gasteiger partial charge in [-0.15, -0.1) is 0 Å². The van der Waals surface area contributed by atoms with Crippen molar-refractivity contribution in [2.24, 2.45) is 0 Å². The molecule has 2 atom stereocenters. The molecule has 0 aromatic rings. The highest BCUT2D eigenvalue weighted by Crippen LogP contribution is 2.13. The number of hydrogen-bond donors (Lipinski definition) is 1. The van der Waals surface area contributed by atoms with E-state index >= 15 is 0 Å². The molecule has 0 saturated carbocycles. The number of carbonyl (C=O) groups excluding carboxylic acids is 1. The standard InChI is InChI=1S/C13H27N3O/c1-5-11-10-16(12(6-2)9-14-11)13(17)7-8-15(3)4/h11-12,14H,5-10H2,1-4H3. The van der Waals surface area contributed by atoms with Crippen molar-refractivity contribution < 1.29 is 4.79 Å². The van der Waals surface area contributed by atoms with Gasteiger partial charge in [0.2, 0.25) is 5.91 Å². The Bertz CT molecular complexity index is 243. The minimum absolute atomic E-state index is 0.311. The normalized spacial score (nSPS) is 25.4. The molecule has 1 heterocycles. The van der Waals surface area contributed by atoms with Gasteiger partial charge < -0.3 is 15.1 Å². The first-order valence-electron chi connectivity index (χ1n) is 6.76. The van der Waals surface area contributed by atoms with E-state index in [1.807, 2.05) is 14.1 Å². The Morgan fingerprint density at radius 3 is 2.59 bits per heavy atom. The van der Waals surface area contributed by atoms with Crippen LogP contribution in [0.1, 0.15) is 33.1 Å². The zero-order valence-electron chi connectivity index (χ0n) is 11.7. The molecule has 1 aliphatic rings. The molecule has 1 amide bonds. The van der Waals surface area contributed by atoms with Gasteiger partial charge in [-0.1, -0.05) is 13.8 Å². The molecule has 1 saturated heterocycles. The number of carbonyl (C=O) groups is 1. The Labute approximate surface area is 105 Å². The van der Waals surface area contributed by atoms with E-state index in [2.05, 4.69) is 29.0 Å². The van der Waals surface area contributed by atoms with Crippen LogP contribution in [-0.4, -0.2) is 61.5 Å². The molecule has 0 aliphatic carbocycles. The van der Waals surface area contributed by atoms with Gasteiger partial charge in [-0.2, -0.15) is 0 Å². The van der Waals surface area contributed by atoms with Crippen LogP contribution in [0, 0.1) is 0 Å².